The van der Waals surface area contributed by atoms with Crippen LogP contribution in [0.4, 0.5) is 0 Å². The molecule has 24 heavy (non-hydrogen) atoms. The number of aliphatic hydroxyl groups is 1. The molecule has 0 radical (unpaired) electrons. The van der Waals surface area contributed by atoms with E-state index in [4.69, 9.17) is 14.5 Å². The summed E-state index contributed by atoms with van der Waals surface area (Å²) in [7, 11) is 0. The molecule has 1 aliphatic rings. The van der Waals surface area contributed by atoms with Gasteiger partial charge in [-0.3, -0.25) is 0 Å². The Kier molecular flexibility index (Phi) is 3.86. The van der Waals surface area contributed by atoms with E-state index in [2.05, 4.69) is 29.7 Å². The first-order valence-corrected chi connectivity index (χ1v) is 8.24. The highest BCUT2D eigenvalue weighted by molar-refractivity contribution is 5.84. The number of aromatic nitrogens is 2. The Bertz CT molecular complexity index is 886. The lowest BCUT2D eigenvalue weighted by Gasteiger charge is -2.18. The van der Waals surface area contributed by atoms with Crippen LogP contribution in [-0.4, -0.2) is 34.5 Å². The van der Waals surface area contributed by atoms with Gasteiger partial charge in [0.2, 0.25) is 0 Å². The van der Waals surface area contributed by atoms with Gasteiger partial charge in [-0.2, -0.15) is 0 Å². The molecule has 1 N–H and O–H groups in total. The van der Waals surface area contributed by atoms with Crippen LogP contribution in [0.2, 0.25) is 0 Å². The summed E-state index contributed by atoms with van der Waals surface area (Å²) in [5.74, 6) is 2.41. The van der Waals surface area contributed by atoms with E-state index in [1.54, 1.807) is 0 Å². The molecule has 0 atom stereocenters. The van der Waals surface area contributed by atoms with Crippen LogP contribution >= 0.6 is 0 Å². The zero-order valence-electron chi connectivity index (χ0n) is 13.7. The summed E-state index contributed by atoms with van der Waals surface area (Å²) in [5.41, 5.74) is 4.15. The average molecular weight is 324 g/mol. The maximum atomic E-state index is 9.26. The zero-order valence-corrected chi connectivity index (χ0v) is 13.7. The van der Waals surface area contributed by atoms with Crippen molar-refractivity contribution in [3.05, 3.63) is 42.0 Å². The van der Waals surface area contributed by atoms with Gasteiger partial charge in [-0.1, -0.05) is 23.8 Å². The van der Waals surface area contributed by atoms with E-state index in [-0.39, 0.29) is 6.61 Å². The fraction of sp³-hybridized carbons (Fsp3) is 0.316. The quantitative estimate of drug-likeness (QED) is 0.801. The molecule has 3 aromatic rings. The Hall–Kier alpha value is -2.53. The predicted octanol–water partition coefficient (Wildman–Crippen LogP) is 3.17. The Balaban J connectivity index is 1.91. The number of aryl methyl sites for hydroxylation is 2. The van der Waals surface area contributed by atoms with Gasteiger partial charge in [-0.15, -0.1) is 0 Å². The molecule has 0 saturated carbocycles. The molecule has 0 amide bonds. The molecule has 124 valence electrons. The van der Waals surface area contributed by atoms with Crippen LogP contribution in [0, 0.1) is 6.92 Å². The largest absolute Gasteiger partial charge is 0.486 e. The predicted molar refractivity (Wildman–Crippen MR) is 92.6 cm³/mol. The third-order valence-corrected chi connectivity index (χ3v) is 4.23. The molecule has 0 fully saturated rings. The van der Waals surface area contributed by atoms with Crippen molar-refractivity contribution >= 4 is 11.0 Å². The normalized spacial score (nSPS) is 13.4. The maximum Gasteiger partial charge on any atom is 0.163 e. The van der Waals surface area contributed by atoms with Crippen molar-refractivity contribution in [1.29, 1.82) is 0 Å². The number of ether oxygens (including phenoxy) is 2. The van der Waals surface area contributed by atoms with Gasteiger partial charge in [0.25, 0.3) is 0 Å². The van der Waals surface area contributed by atoms with E-state index < -0.39 is 0 Å². The van der Waals surface area contributed by atoms with Gasteiger partial charge in [-0.25, -0.2) is 4.98 Å². The fourth-order valence-electron chi connectivity index (χ4n) is 3.12. The molecule has 2 heterocycles. The summed E-state index contributed by atoms with van der Waals surface area (Å²) >= 11 is 0. The van der Waals surface area contributed by atoms with Crippen molar-refractivity contribution in [2.45, 2.75) is 19.9 Å². The highest BCUT2D eigenvalue weighted by Gasteiger charge is 2.18. The number of benzene rings is 2. The van der Waals surface area contributed by atoms with Crippen LogP contribution < -0.4 is 9.47 Å². The van der Waals surface area contributed by atoms with E-state index >= 15 is 0 Å². The monoisotopic (exact) mass is 324 g/mol. The van der Waals surface area contributed by atoms with Crippen LogP contribution in [-0.2, 0) is 6.54 Å². The zero-order chi connectivity index (χ0) is 16.5. The molecule has 0 bridgehead atoms. The maximum absolute atomic E-state index is 9.26. The second-order valence-corrected chi connectivity index (χ2v) is 6.02. The van der Waals surface area contributed by atoms with Crippen molar-refractivity contribution in [3.8, 4) is 22.9 Å². The van der Waals surface area contributed by atoms with Crippen molar-refractivity contribution in [3.63, 3.8) is 0 Å². The lowest BCUT2D eigenvalue weighted by atomic mass is 10.1. The summed E-state index contributed by atoms with van der Waals surface area (Å²) < 4.78 is 13.5. The van der Waals surface area contributed by atoms with E-state index in [1.807, 2.05) is 18.2 Å². The van der Waals surface area contributed by atoms with E-state index in [0.717, 1.165) is 33.9 Å². The molecule has 4 rings (SSSR count). The van der Waals surface area contributed by atoms with Gasteiger partial charge in [0, 0.05) is 30.8 Å². The minimum atomic E-state index is 0.150. The van der Waals surface area contributed by atoms with Crippen molar-refractivity contribution in [2.24, 2.45) is 0 Å². The summed E-state index contributed by atoms with van der Waals surface area (Å²) in [4.78, 5) is 4.83. The molecule has 2 aromatic carbocycles. The third-order valence-electron chi connectivity index (χ3n) is 4.23. The number of rotatable bonds is 4. The van der Waals surface area contributed by atoms with Gasteiger partial charge < -0.3 is 19.1 Å². The molecular weight excluding hydrogens is 304 g/mol. The standard InChI is InChI=1S/C19H20N2O3/c1-13-4-2-5-14(10-13)19-20-15-11-17-18(24-9-8-23-17)12-16(15)21(19)6-3-7-22/h2,4-5,10-12,22H,3,6-9H2,1H3. The summed E-state index contributed by atoms with van der Waals surface area (Å²) in [6, 6.07) is 12.2. The topological polar surface area (TPSA) is 56.5 Å². The third kappa shape index (κ3) is 2.61. The minimum Gasteiger partial charge on any atom is -0.486 e. The van der Waals surface area contributed by atoms with Gasteiger partial charge in [0.15, 0.2) is 11.5 Å². The average Bonchev–Trinajstić information content (AvgIpc) is 2.95. The first kappa shape index (κ1) is 15.0. The number of hydrogen-bond donors (Lipinski definition) is 1. The van der Waals surface area contributed by atoms with Gasteiger partial charge in [0.1, 0.15) is 19.0 Å². The van der Waals surface area contributed by atoms with E-state index in [1.165, 1.54) is 5.56 Å². The molecule has 1 aliphatic heterocycles. The molecule has 0 unspecified atom stereocenters. The minimum absolute atomic E-state index is 0.150. The van der Waals surface area contributed by atoms with Crippen molar-refractivity contribution in [2.75, 3.05) is 19.8 Å². The lowest BCUT2D eigenvalue weighted by molar-refractivity contribution is 0.172. The first-order chi connectivity index (χ1) is 11.8. The van der Waals surface area contributed by atoms with Gasteiger partial charge in [-0.05, 0) is 19.4 Å². The van der Waals surface area contributed by atoms with Crippen LogP contribution in [0.5, 0.6) is 11.5 Å². The van der Waals surface area contributed by atoms with Crippen LogP contribution in [0.1, 0.15) is 12.0 Å². The number of aliphatic hydroxyl groups excluding tert-OH is 1. The smallest absolute Gasteiger partial charge is 0.163 e. The molecular formula is C19H20N2O3. The van der Waals surface area contributed by atoms with Crippen molar-refractivity contribution in [1.82, 2.24) is 9.55 Å². The van der Waals surface area contributed by atoms with Crippen molar-refractivity contribution < 1.29 is 14.6 Å². The Labute approximate surface area is 140 Å². The fourth-order valence-corrected chi connectivity index (χ4v) is 3.12. The second-order valence-electron chi connectivity index (χ2n) is 6.02. The van der Waals surface area contributed by atoms with Gasteiger partial charge >= 0.3 is 0 Å². The molecule has 1 aromatic heterocycles. The molecule has 0 spiro atoms. The highest BCUT2D eigenvalue weighted by Crippen LogP contribution is 2.36. The lowest BCUT2D eigenvalue weighted by Crippen LogP contribution is -2.15. The van der Waals surface area contributed by atoms with E-state index in [9.17, 15) is 5.11 Å². The second kappa shape index (κ2) is 6.17. The molecule has 0 aliphatic carbocycles. The van der Waals surface area contributed by atoms with Crippen LogP contribution in [0.3, 0.4) is 0 Å². The molecule has 5 nitrogen and oxygen atoms in total. The number of fused-ring (bicyclic) bond motifs is 2. The highest BCUT2D eigenvalue weighted by atomic mass is 16.6. The van der Waals surface area contributed by atoms with Gasteiger partial charge in [0.05, 0.1) is 11.0 Å². The van der Waals surface area contributed by atoms with Crippen LogP contribution in [0.25, 0.3) is 22.4 Å². The summed E-state index contributed by atoms with van der Waals surface area (Å²) in [5, 5.41) is 9.26. The molecule has 0 saturated heterocycles. The Morgan fingerprint density at radius 2 is 1.92 bits per heavy atom. The SMILES string of the molecule is Cc1cccc(-c2nc3cc4c(cc3n2CCCO)OCCO4)c1. The number of hydrogen-bond acceptors (Lipinski definition) is 4. The number of imidazole rings is 1. The molecule has 5 heteroatoms. The Morgan fingerprint density at radius 3 is 2.67 bits per heavy atom. The Morgan fingerprint density at radius 1 is 1.12 bits per heavy atom. The van der Waals surface area contributed by atoms with E-state index in [0.29, 0.717) is 26.2 Å². The summed E-state index contributed by atoms with van der Waals surface area (Å²) in [6.45, 7) is 4.06. The van der Waals surface area contributed by atoms with Crippen LogP contribution in [0.15, 0.2) is 36.4 Å². The summed E-state index contributed by atoms with van der Waals surface area (Å²) in [6.07, 6.45) is 0.679. The number of nitrogens with zero attached hydrogens (tertiary/aromatic N) is 2. The first-order valence-electron chi connectivity index (χ1n) is 8.24.